The van der Waals surface area contributed by atoms with Gasteiger partial charge < -0.3 is 10.1 Å². The number of nitrogens with one attached hydrogen (secondary N) is 1. The van der Waals surface area contributed by atoms with Gasteiger partial charge in [0, 0.05) is 17.8 Å². The third-order valence-corrected chi connectivity index (χ3v) is 4.01. The molecule has 2 nitrogen and oxygen atoms in total. The average Bonchev–Trinajstić information content (AvgIpc) is 2.49. The second kappa shape index (κ2) is 7.79. The predicted molar refractivity (Wildman–Crippen MR) is 91.0 cm³/mol. The summed E-state index contributed by atoms with van der Waals surface area (Å²) in [4.78, 5) is 0. The SMILES string of the molecule is CCOc1ccc(NCc2ccc(Cl)c(Cl)c2)cc1CCl. The fourth-order valence-corrected chi connectivity index (χ4v) is 2.47. The highest BCUT2D eigenvalue weighted by atomic mass is 35.5. The van der Waals surface area contributed by atoms with E-state index in [2.05, 4.69) is 5.32 Å². The minimum atomic E-state index is 0.414. The number of hydrogen-bond donors (Lipinski definition) is 1. The molecule has 21 heavy (non-hydrogen) atoms. The van der Waals surface area contributed by atoms with Crippen molar-refractivity contribution in [1.29, 1.82) is 0 Å². The smallest absolute Gasteiger partial charge is 0.123 e. The Morgan fingerprint density at radius 3 is 2.52 bits per heavy atom. The molecule has 0 aromatic heterocycles. The largest absolute Gasteiger partial charge is 0.494 e. The molecular weight excluding hydrogens is 329 g/mol. The van der Waals surface area contributed by atoms with Crippen LogP contribution >= 0.6 is 34.8 Å². The molecule has 0 saturated heterocycles. The molecule has 0 amide bonds. The molecule has 1 N–H and O–H groups in total. The molecule has 5 heteroatoms. The number of benzene rings is 2. The van der Waals surface area contributed by atoms with E-state index < -0.39 is 0 Å². The van der Waals surface area contributed by atoms with Gasteiger partial charge in [0.05, 0.1) is 22.5 Å². The fraction of sp³-hybridized carbons (Fsp3) is 0.250. The van der Waals surface area contributed by atoms with Crippen molar-refractivity contribution in [2.24, 2.45) is 0 Å². The van der Waals surface area contributed by atoms with Crippen LogP contribution in [0.15, 0.2) is 36.4 Å². The van der Waals surface area contributed by atoms with Gasteiger partial charge in [-0.2, -0.15) is 0 Å². The van der Waals surface area contributed by atoms with Crippen LogP contribution in [0.4, 0.5) is 5.69 Å². The number of alkyl halides is 1. The van der Waals surface area contributed by atoms with Crippen LogP contribution in [-0.4, -0.2) is 6.61 Å². The maximum Gasteiger partial charge on any atom is 0.123 e. The highest BCUT2D eigenvalue weighted by Gasteiger charge is 2.05. The number of halogens is 3. The summed E-state index contributed by atoms with van der Waals surface area (Å²) in [5, 5.41) is 4.46. The summed E-state index contributed by atoms with van der Waals surface area (Å²) in [7, 11) is 0. The number of rotatable bonds is 6. The highest BCUT2D eigenvalue weighted by Crippen LogP contribution is 2.26. The highest BCUT2D eigenvalue weighted by molar-refractivity contribution is 6.42. The zero-order valence-corrected chi connectivity index (χ0v) is 13.9. The van der Waals surface area contributed by atoms with E-state index in [1.54, 1.807) is 6.07 Å². The summed E-state index contributed by atoms with van der Waals surface area (Å²) in [6, 6.07) is 11.5. The van der Waals surface area contributed by atoms with Gasteiger partial charge in [-0.25, -0.2) is 0 Å². The standard InChI is InChI=1S/C16H16Cl3NO/c1-2-21-16-6-4-13(8-12(16)9-17)20-10-11-3-5-14(18)15(19)7-11/h3-8,20H,2,9-10H2,1H3. The van der Waals surface area contributed by atoms with Crippen LogP contribution in [0.2, 0.25) is 10.0 Å². The molecule has 0 radical (unpaired) electrons. The molecule has 2 rings (SSSR count). The van der Waals surface area contributed by atoms with Gasteiger partial charge in [0.25, 0.3) is 0 Å². The van der Waals surface area contributed by atoms with Crippen molar-refractivity contribution in [1.82, 2.24) is 0 Å². The molecule has 0 heterocycles. The van der Waals surface area contributed by atoms with Gasteiger partial charge >= 0.3 is 0 Å². The summed E-state index contributed by atoms with van der Waals surface area (Å²) in [6.07, 6.45) is 0. The van der Waals surface area contributed by atoms with E-state index in [1.165, 1.54) is 0 Å². The van der Waals surface area contributed by atoms with Gasteiger partial charge in [-0.05, 0) is 42.8 Å². The normalized spacial score (nSPS) is 10.5. The van der Waals surface area contributed by atoms with Crippen LogP contribution in [0.25, 0.3) is 0 Å². The van der Waals surface area contributed by atoms with Crippen LogP contribution < -0.4 is 10.1 Å². The third-order valence-electron chi connectivity index (χ3n) is 2.98. The van der Waals surface area contributed by atoms with Crippen LogP contribution in [0.1, 0.15) is 18.1 Å². The molecule has 0 aliphatic carbocycles. The van der Waals surface area contributed by atoms with E-state index in [0.717, 1.165) is 22.6 Å². The molecule has 0 spiro atoms. The molecule has 0 fully saturated rings. The zero-order valence-electron chi connectivity index (χ0n) is 11.6. The summed E-state index contributed by atoms with van der Waals surface area (Å²) >= 11 is 17.9. The maximum absolute atomic E-state index is 6.01. The topological polar surface area (TPSA) is 21.3 Å². The minimum absolute atomic E-state index is 0.414. The lowest BCUT2D eigenvalue weighted by molar-refractivity contribution is 0.337. The van der Waals surface area contributed by atoms with Crippen LogP contribution in [0, 0.1) is 0 Å². The first-order valence-electron chi connectivity index (χ1n) is 6.63. The molecule has 112 valence electrons. The predicted octanol–water partition coefficient (Wildman–Crippen LogP) is 5.74. The molecule has 0 aliphatic heterocycles. The summed E-state index contributed by atoms with van der Waals surface area (Å²) in [5.41, 5.74) is 3.02. The Labute approximate surface area is 140 Å². The van der Waals surface area contributed by atoms with E-state index >= 15 is 0 Å². The first-order valence-corrected chi connectivity index (χ1v) is 7.92. The fourth-order valence-electron chi connectivity index (χ4n) is 1.94. The van der Waals surface area contributed by atoms with Crippen LogP contribution in [0.5, 0.6) is 5.75 Å². The van der Waals surface area contributed by atoms with Gasteiger partial charge in [0.15, 0.2) is 0 Å². The quantitative estimate of drug-likeness (QED) is 0.674. The Kier molecular flexibility index (Phi) is 6.04. The van der Waals surface area contributed by atoms with Crippen LogP contribution in [-0.2, 0) is 12.4 Å². The van der Waals surface area contributed by atoms with E-state index in [0.29, 0.717) is 29.1 Å². The molecule has 0 saturated carbocycles. The summed E-state index contributed by atoms with van der Waals surface area (Å²) in [5.74, 6) is 1.24. The summed E-state index contributed by atoms with van der Waals surface area (Å²) < 4.78 is 5.53. The second-order valence-corrected chi connectivity index (χ2v) is 5.57. The van der Waals surface area contributed by atoms with Gasteiger partial charge in [-0.3, -0.25) is 0 Å². The van der Waals surface area contributed by atoms with Crippen molar-refractivity contribution in [2.75, 3.05) is 11.9 Å². The molecule has 2 aromatic rings. The molecular formula is C16H16Cl3NO. The maximum atomic E-state index is 6.01. The Morgan fingerprint density at radius 2 is 1.86 bits per heavy atom. The van der Waals surface area contributed by atoms with Crippen molar-refractivity contribution < 1.29 is 4.74 Å². The molecule has 2 aromatic carbocycles. The van der Waals surface area contributed by atoms with E-state index in [1.807, 2.05) is 37.3 Å². The van der Waals surface area contributed by atoms with E-state index in [4.69, 9.17) is 39.5 Å². The van der Waals surface area contributed by atoms with E-state index in [9.17, 15) is 0 Å². The van der Waals surface area contributed by atoms with Crippen molar-refractivity contribution in [3.63, 3.8) is 0 Å². The van der Waals surface area contributed by atoms with Gasteiger partial charge in [-0.1, -0.05) is 29.3 Å². The lowest BCUT2D eigenvalue weighted by Crippen LogP contribution is -2.01. The Balaban J connectivity index is 2.07. The minimum Gasteiger partial charge on any atom is -0.494 e. The van der Waals surface area contributed by atoms with E-state index in [-0.39, 0.29) is 0 Å². The third kappa shape index (κ3) is 4.44. The van der Waals surface area contributed by atoms with Crippen molar-refractivity contribution in [3.8, 4) is 5.75 Å². The number of ether oxygens (including phenoxy) is 1. The molecule has 0 aliphatic rings. The Morgan fingerprint density at radius 1 is 1.05 bits per heavy atom. The Bertz CT molecular complexity index is 616. The zero-order chi connectivity index (χ0) is 15.2. The lowest BCUT2D eigenvalue weighted by Gasteiger charge is -2.12. The van der Waals surface area contributed by atoms with Crippen molar-refractivity contribution in [2.45, 2.75) is 19.3 Å². The van der Waals surface area contributed by atoms with Gasteiger partial charge in [0.2, 0.25) is 0 Å². The second-order valence-electron chi connectivity index (χ2n) is 4.49. The Hall–Kier alpha value is -1.09. The lowest BCUT2D eigenvalue weighted by atomic mass is 10.2. The molecule has 0 unspecified atom stereocenters. The average molecular weight is 345 g/mol. The van der Waals surface area contributed by atoms with Gasteiger partial charge in [-0.15, -0.1) is 11.6 Å². The first-order chi connectivity index (χ1) is 10.1. The molecule has 0 atom stereocenters. The summed E-state index contributed by atoms with van der Waals surface area (Å²) in [6.45, 7) is 3.24. The molecule has 0 bridgehead atoms. The van der Waals surface area contributed by atoms with Gasteiger partial charge in [0.1, 0.15) is 5.75 Å². The number of hydrogen-bond acceptors (Lipinski definition) is 2. The van der Waals surface area contributed by atoms with Crippen molar-refractivity contribution in [3.05, 3.63) is 57.6 Å². The van der Waals surface area contributed by atoms with Crippen LogP contribution in [0.3, 0.4) is 0 Å². The number of anilines is 1. The van der Waals surface area contributed by atoms with Crippen molar-refractivity contribution >= 4 is 40.5 Å². The monoisotopic (exact) mass is 343 g/mol. The first kappa shape index (κ1) is 16.3.